The monoisotopic (exact) mass is 642 g/mol. The van der Waals surface area contributed by atoms with Gasteiger partial charge < -0.3 is 10.5 Å². The van der Waals surface area contributed by atoms with Crippen molar-refractivity contribution in [3.05, 3.63) is 88.7 Å². The van der Waals surface area contributed by atoms with Gasteiger partial charge in [-0.15, -0.1) is 0 Å². The molecule has 1 atom stereocenters. The molecule has 5 aromatic rings. The number of halogens is 3. The Kier molecular flexibility index (Phi) is 6.50. The molecule has 0 spiro atoms. The summed E-state index contributed by atoms with van der Waals surface area (Å²) in [5.41, 5.74) is 8.68. The van der Waals surface area contributed by atoms with Gasteiger partial charge in [0, 0.05) is 23.3 Å². The molecule has 5 heterocycles. The first-order valence-electron chi connectivity index (χ1n) is 14.8. The highest BCUT2D eigenvalue weighted by atomic mass is 35.5. The summed E-state index contributed by atoms with van der Waals surface area (Å²) >= 11 is 5.90. The number of aromatic nitrogens is 6. The highest BCUT2D eigenvalue weighted by Crippen LogP contribution is 2.50. The van der Waals surface area contributed by atoms with Crippen molar-refractivity contribution in [1.29, 1.82) is 0 Å². The smallest absolute Gasteiger partial charge is 0.317 e. The quantitative estimate of drug-likeness (QED) is 0.252. The second-order valence-corrected chi connectivity index (χ2v) is 12.3. The molecule has 1 aromatic carbocycles. The summed E-state index contributed by atoms with van der Waals surface area (Å²) in [6, 6.07) is 7.94. The lowest BCUT2D eigenvalue weighted by Crippen LogP contribution is -2.43. The predicted molar refractivity (Wildman–Crippen MR) is 162 cm³/mol. The number of fused-ring (bicyclic) bond motifs is 2. The number of benzene rings is 1. The number of nitrogens with two attached hydrogens (primary N) is 1. The standard InChI is InChI=1S/C32H25ClF2N8O3/c33-18-11-38-25(39-12-18)15-42-22-5-3-17(10-23(22)46-28(35)31(42)45)26-20-14-40-43(32(7-8-32)24-6-4-19(34)13-37-24)30(20)41-21(9-16-1-2-16)27(26)29(36)44/h3-6,10-14,16,28H,1-2,7-9,15H2,(H2,36,44)/t28-/m1/s1. The SMILES string of the molecule is NC(=O)c1c(CC2CC2)nc2c(cnn2C2(c3ccc(F)cn3)CC2)c1-c1ccc2c(c1)O[C@@H](F)C(=O)N2Cc1ncc(Cl)cn1. The van der Waals surface area contributed by atoms with Gasteiger partial charge in [-0.3, -0.25) is 19.5 Å². The van der Waals surface area contributed by atoms with Crippen LogP contribution in [0.15, 0.2) is 55.1 Å². The van der Waals surface area contributed by atoms with Crippen molar-refractivity contribution in [2.24, 2.45) is 11.7 Å². The maximum Gasteiger partial charge on any atom is 0.317 e. The molecule has 0 radical (unpaired) electrons. The van der Waals surface area contributed by atoms with Gasteiger partial charge in [-0.05, 0) is 67.9 Å². The molecule has 8 rings (SSSR count). The van der Waals surface area contributed by atoms with Crippen LogP contribution in [0, 0.1) is 11.7 Å². The van der Waals surface area contributed by atoms with E-state index in [4.69, 9.17) is 32.2 Å². The van der Waals surface area contributed by atoms with E-state index in [0.717, 1.165) is 25.7 Å². The fourth-order valence-electron chi connectivity index (χ4n) is 6.17. The summed E-state index contributed by atoms with van der Waals surface area (Å²) in [5, 5.41) is 5.60. The van der Waals surface area contributed by atoms with Crippen LogP contribution in [0.1, 0.15) is 53.3 Å². The van der Waals surface area contributed by atoms with Crippen LogP contribution in [-0.2, 0) is 23.3 Å². The molecule has 2 aliphatic carbocycles. The van der Waals surface area contributed by atoms with Crippen LogP contribution < -0.4 is 15.4 Å². The van der Waals surface area contributed by atoms with E-state index in [1.165, 1.54) is 29.6 Å². The van der Waals surface area contributed by atoms with Gasteiger partial charge in [-0.25, -0.2) is 24.0 Å². The molecule has 3 aliphatic rings. The molecule has 0 unspecified atom stereocenters. The number of primary amides is 1. The van der Waals surface area contributed by atoms with Crippen molar-refractivity contribution >= 4 is 40.1 Å². The Labute approximate surface area is 265 Å². The molecule has 1 aliphatic heterocycles. The van der Waals surface area contributed by atoms with Gasteiger partial charge in [0.15, 0.2) is 5.65 Å². The Balaban J connectivity index is 1.29. The van der Waals surface area contributed by atoms with Gasteiger partial charge in [0.1, 0.15) is 22.9 Å². The topological polar surface area (TPSA) is 142 Å². The molecule has 2 amide bonds. The zero-order valence-corrected chi connectivity index (χ0v) is 24.9. The Hall–Kier alpha value is -5.04. The fraction of sp³-hybridized carbons (Fsp3) is 0.281. The number of pyridine rings is 2. The highest BCUT2D eigenvalue weighted by Gasteiger charge is 2.50. The average molecular weight is 643 g/mol. The molecule has 232 valence electrons. The predicted octanol–water partition coefficient (Wildman–Crippen LogP) is 4.89. The molecule has 0 saturated heterocycles. The molecule has 2 N–H and O–H groups in total. The van der Waals surface area contributed by atoms with Crippen LogP contribution >= 0.6 is 11.6 Å². The summed E-state index contributed by atoms with van der Waals surface area (Å²) in [4.78, 5) is 44.8. The van der Waals surface area contributed by atoms with E-state index in [-0.39, 0.29) is 23.7 Å². The molecule has 14 heteroatoms. The van der Waals surface area contributed by atoms with Gasteiger partial charge >= 0.3 is 12.3 Å². The van der Waals surface area contributed by atoms with Crippen molar-refractivity contribution in [3.8, 4) is 16.9 Å². The second-order valence-electron chi connectivity index (χ2n) is 11.9. The molecule has 11 nitrogen and oxygen atoms in total. The summed E-state index contributed by atoms with van der Waals surface area (Å²) in [7, 11) is 0. The van der Waals surface area contributed by atoms with Crippen molar-refractivity contribution < 1.29 is 23.1 Å². The van der Waals surface area contributed by atoms with Crippen LogP contribution in [0.3, 0.4) is 0 Å². The van der Waals surface area contributed by atoms with Gasteiger partial charge in [0.05, 0.1) is 46.6 Å². The van der Waals surface area contributed by atoms with Crippen LogP contribution in [-0.4, -0.2) is 47.9 Å². The lowest BCUT2D eigenvalue weighted by molar-refractivity contribution is -0.134. The molecule has 2 saturated carbocycles. The normalized spacial score (nSPS) is 18.4. The number of rotatable bonds is 8. The minimum Gasteiger partial charge on any atom is -0.450 e. The first-order valence-corrected chi connectivity index (χ1v) is 15.2. The third kappa shape index (κ3) is 4.73. The Bertz CT molecular complexity index is 2050. The van der Waals surface area contributed by atoms with Crippen LogP contribution in [0.2, 0.25) is 5.02 Å². The molecule has 4 aromatic heterocycles. The molecule has 46 heavy (non-hydrogen) atoms. The maximum atomic E-state index is 15.0. The first-order chi connectivity index (χ1) is 22.2. The fourth-order valence-corrected chi connectivity index (χ4v) is 6.27. The average Bonchev–Trinajstić information content (AvgIpc) is 3.98. The van der Waals surface area contributed by atoms with E-state index < -0.39 is 29.5 Å². The molecule has 0 bridgehead atoms. The third-order valence-corrected chi connectivity index (χ3v) is 8.95. The number of hydrogen-bond acceptors (Lipinski definition) is 8. The molecule has 2 fully saturated rings. The lowest BCUT2D eigenvalue weighted by Gasteiger charge is -2.31. The van der Waals surface area contributed by atoms with Crippen molar-refractivity contribution in [2.45, 2.75) is 50.5 Å². The van der Waals surface area contributed by atoms with Gasteiger partial charge in [0.2, 0.25) is 0 Å². The Morgan fingerprint density at radius 3 is 2.54 bits per heavy atom. The highest BCUT2D eigenvalue weighted by molar-refractivity contribution is 6.30. The van der Waals surface area contributed by atoms with E-state index in [1.54, 1.807) is 35.1 Å². The number of ether oxygens (including phenoxy) is 1. The van der Waals surface area contributed by atoms with E-state index >= 15 is 4.39 Å². The largest absolute Gasteiger partial charge is 0.450 e. The van der Waals surface area contributed by atoms with E-state index in [0.29, 0.717) is 56.6 Å². The number of hydrogen-bond donors (Lipinski definition) is 1. The molecular formula is C32H25ClF2N8O3. The maximum absolute atomic E-state index is 15.0. The number of carbonyl (C=O) groups excluding carboxylic acids is 2. The Morgan fingerprint density at radius 1 is 1.09 bits per heavy atom. The van der Waals surface area contributed by atoms with Crippen LogP contribution in [0.25, 0.3) is 22.2 Å². The van der Waals surface area contributed by atoms with Crippen molar-refractivity contribution in [1.82, 2.24) is 29.7 Å². The summed E-state index contributed by atoms with van der Waals surface area (Å²) < 4.78 is 36.0. The zero-order chi connectivity index (χ0) is 31.7. The summed E-state index contributed by atoms with van der Waals surface area (Å²) in [5.74, 6) is -1.28. The summed E-state index contributed by atoms with van der Waals surface area (Å²) in [6.07, 6.45) is 7.35. The van der Waals surface area contributed by atoms with Gasteiger partial charge in [-0.2, -0.15) is 9.49 Å². The van der Waals surface area contributed by atoms with Crippen LogP contribution in [0.4, 0.5) is 14.5 Å². The minimum absolute atomic E-state index is 0.0873. The third-order valence-electron chi connectivity index (χ3n) is 8.75. The number of nitrogens with zero attached hydrogens (tertiary/aromatic N) is 7. The number of amides is 2. The molecular weight excluding hydrogens is 618 g/mol. The summed E-state index contributed by atoms with van der Waals surface area (Å²) in [6.45, 7) is -0.115. The number of alkyl halides is 1. The van der Waals surface area contributed by atoms with Crippen LogP contribution in [0.5, 0.6) is 5.75 Å². The second kappa shape index (κ2) is 10.5. The van der Waals surface area contributed by atoms with E-state index in [2.05, 4.69) is 15.0 Å². The zero-order valence-electron chi connectivity index (χ0n) is 24.2. The lowest BCUT2D eigenvalue weighted by atomic mass is 9.93. The first kappa shape index (κ1) is 28.4. The van der Waals surface area contributed by atoms with Gasteiger partial charge in [0.25, 0.3) is 5.91 Å². The Morgan fingerprint density at radius 2 is 1.87 bits per heavy atom. The van der Waals surface area contributed by atoms with E-state index in [9.17, 15) is 14.0 Å². The number of anilines is 1. The van der Waals surface area contributed by atoms with E-state index in [1.807, 2.05) is 0 Å². The number of carbonyl (C=O) groups is 2. The van der Waals surface area contributed by atoms with Crippen molar-refractivity contribution in [2.75, 3.05) is 4.90 Å². The van der Waals surface area contributed by atoms with Gasteiger partial charge in [-0.1, -0.05) is 17.7 Å². The van der Waals surface area contributed by atoms with Crippen molar-refractivity contribution in [3.63, 3.8) is 0 Å². The minimum atomic E-state index is -2.27.